The molecule has 4 atom stereocenters. The van der Waals surface area contributed by atoms with Crippen LogP contribution in [0.25, 0.3) is 11.0 Å². The Kier molecular flexibility index (Phi) is 5.85. The minimum Gasteiger partial charge on any atom is -0.389 e. The Balaban J connectivity index is 1.51. The third-order valence-electron chi connectivity index (χ3n) is 6.04. The zero-order chi connectivity index (χ0) is 23.1. The Morgan fingerprint density at radius 3 is 3.03 bits per heavy atom. The van der Waals surface area contributed by atoms with Gasteiger partial charge in [-0.1, -0.05) is 11.6 Å². The van der Waals surface area contributed by atoms with E-state index < -0.39 is 30.0 Å². The fraction of sp³-hybridized carbons (Fsp3) is 0.429. The Bertz CT molecular complexity index is 1190. The number of anilines is 1. The number of nitrogens with one attached hydrogen (secondary N) is 2. The average Bonchev–Trinajstić information content (AvgIpc) is 3.41. The van der Waals surface area contributed by atoms with Crippen LogP contribution in [0, 0.1) is 5.82 Å². The zero-order valence-electron chi connectivity index (χ0n) is 17.3. The first-order valence-electron chi connectivity index (χ1n) is 10.5. The van der Waals surface area contributed by atoms with Crippen molar-refractivity contribution in [2.24, 2.45) is 0 Å². The third kappa shape index (κ3) is 4.11. The first-order chi connectivity index (χ1) is 15.9. The highest BCUT2D eigenvalue weighted by Gasteiger charge is 2.39. The van der Waals surface area contributed by atoms with Gasteiger partial charge in [0.1, 0.15) is 29.8 Å². The monoisotopic (exact) mass is 478 g/mol. The smallest absolute Gasteiger partial charge is 0.273 e. The number of benzene rings is 1. The van der Waals surface area contributed by atoms with E-state index in [-0.39, 0.29) is 42.0 Å². The summed E-state index contributed by atoms with van der Waals surface area (Å²) in [7, 11) is 0. The van der Waals surface area contributed by atoms with Crippen molar-refractivity contribution in [3.8, 4) is 0 Å². The van der Waals surface area contributed by atoms with Crippen molar-refractivity contribution in [1.82, 2.24) is 25.1 Å². The van der Waals surface area contributed by atoms with Crippen molar-refractivity contribution in [2.45, 2.75) is 37.2 Å². The van der Waals surface area contributed by atoms with Crippen LogP contribution in [-0.4, -0.2) is 74.2 Å². The van der Waals surface area contributed by atoms with E-state index in [4.69, 9.17) is 16.3 Å². The maximum Gasteiger partial charge on any atom is 0.273 e. The number of rotatable bonds is 4. The van der Waals surface area contributed by atoms with Gasteiger partial charge in [0.05, 0.1) is 36.7 Å². The molecule has 4 heterocycles. The number of hydrogen-bond acceptors (Lipinski definition) is 7. The van der Waals surface area contributed by atoms with E-state index >= 15 is 0 Å². The number of aliphatic hydroxyl groups excluding tert-OH is 1. The van der Waals surface area contributed by atoms with Crippen LogP contribution in [0.5, 0.6) is 0 Å². The highest BCUT2D eigenvalue weighted by atomic mass is 35.5. The number of aromatic nitrogens is 4. The highest BCUT2D eigenvalue weighted by Crippen LogP contribution is 2.39. The molecule has 0 spiro atoms. The number of amides is 1. The zero-order valence-corrected chi connectivity index (χ0v) is 18.1. The number of carbonyl (C=O) groups excluding carboxylic acids is 1. The Labute approximate surface area is 192 Å². The minimum atomic E-state index is -1.29. The van der Waals surface area contributed by atoms with E-state index in [0.29, 0.717) is 29.8 Å². The number of fused-ring (bicyclic) bond motifs is 1. The number of ether oxygens (including phenoxy) is 1. The number of carbonyl (C=O) groups is 1. The molecule has 2 saturated heterocycles. The second kappa shape index (κ2) is 8.81. The van der Waals surface area contributed by atoms with Gasteiger partial charge in [0.2, 0.25) is 0 Å². The van der Waals surface area contributed by atoms with Crippen molar-refractivity contribution in [3.05, 3.63) is 46.6 Å². The van der Waals surface area contributed by atoms with E-state index in [0.717, 1.165) is 0 Å². The summed E-state index contributed by atoms with van der Waals surface area (Å²) in [5.41, 5.74) is 0.656. The van der Waals surface area contributed by atoms with Crippen LogP contribution in [-0.2, 0) is 4.74 Å². The summed E-state index contributed by atoms with van der Waals surface area (Å²) >= 11 is 6.25. The Morgan fingerprint density at radius 2 is 2.21 bits per heavy atom. The van der Waals surface area contributed by atoms with Gasteiger partial charge in [-0.3, -0.25) is 9.89 Å². The lowest BCUT2D eigenvalue weighted by Crippen LogP contribution is -2.42. The molecule has 12 heteroatoms. The third-order valence-corrected chi connectivity index (χ3v) is 6.39. The first kappa shape index (κ1) is 21.9. The summed E-state index contributed by atoms with van der Waals surface area (Å²) in [6.45, 7) is 0.485. The molecule has 0 radical (unpaired) electrons. The molecule has 2 aliphatic heterocycles. The molecule has 9 nitrogen and oxygen atoms in total. The van der Waals surface area contributed by atoms with Gasteiger partial charge in [0.15, 0.2) is 5.65 Å². The molecule has 1 amide bonds. The molecule has 3 aromatic rings. The van der Waals surface area contributed by atoms with Gasteiger partial charge < -0.3 is 20.1 Å². The fourth-order valence-corrected chi connectivity index (χ4v) is 4.65. The van der Waals surface area contributed by atoms with Crippen LogP contribution in [0.4, 0.5) is 14.6 Å². The summed E-state index contributed by atoms with van der Waals surface area (Å²) in [6.07, 6.45) is -0.201. The lowest BCUT2D eigenvalue weighted by atomic mass is 10.0. The van der Waals surface area contributed by atoms with Gasteiger partial charge >= 0.3 is 0 Å². The molecule has 174 valence electrons. The minimum absolute atomic E-state index is 0.00312. The second-order valence-corrected chi connectivity index (χ2v) is 8.58. The molecule has 0 saturated carbocycles. The number of hydrogen-bond donors (Lipinski definition) is 3. The SMILES string of the molecule is O=C(c1[nH]nc2ncnc(N[C@@H]3CCOC[C@H]3O)c12)N1C[C@@H](F)C[C@@H]1c1cc(F)ccc1Cl. The predicted octanol–water partition coefficient (Wildman–Crippen LogP) is 2.63. The number of H-pyrrole nitrogens is 1. The predicted molar refractivity (Wildman–Crippen MR) is 115 cm³/mol. The molecule has 33 heavy (non-hydrogen) atoms. The number of aliphatic hydroxyl groups is 1. The quantitative estimate of drug-likeness (QED) is 0.528. The molecule has 3 N–H and O–H groups in total. The number of nitrogens with zero attached hydrogens (tertiary/aromatic N) is 4. The average molecular weight is 479 g/mol. The van der Waals surface area contributed by atoms with E-state index in [1.54, 1.807) is 0 Å². The standard InChI is InChI=1S/C21H21ClF2N6O3/c22-13-2-1-10(23)5-12(13)15-6-11(24)7-30(15)21(32)18-17-19(25-9-26-20(17)29-28-18)27-14-3-4-33-8-16(14)31/h1-2,5,9,11,14-16,31H,3-4,6-8H2,(H2,25,26,27,28,29)/t11-,14+,15+,16+/m0/s1. The van der Waals surface area contributed by atoms with Crippen LogP contribution < -0.4 is 5.32 Å². The van der Waals surface area contributed by atoms with Gasteiger partial charge in [-0.15, -0.1) is 0 Å². The molecule has 2 aromatic heterocycles. The van der Waals surface area contributed by atoms with Gasteiger partial charge in [0, 0.05) is 18.1 Å². The lowest BCUT2D eigenvalue weighted by molar-refractivity contribution is -0.0135. The van der Waals surface area contributed by atoms with Gasteiger partial charge in [0.25, 0.3) is 5.91 Å². The summed E-state index contributed by atoms with van der Waals surface area (Å²) < 4.78 is 33.6. The van der Waals surface area contributed by atoms with E-state index in [1.807, 2.05) is 0 Å². The second-order valence-electron chi connectivity index (χ2n) is 8.17. The normalized spacial score (nSPS) is 25.5. The molecule has 0 bridgehead atoms. The Morgan fingerprint density at radius 1 is 1.36 bits per heavy atom. The molecule has 2 aliphatic rings. The van der Waals surface area contributed by atoms with Crippen LogP contribution in [0.2, 0.25) is 5.02 Å². The van der Waals surface area contributed by atoms with E-state index in [2.05, 4.69) is 25.5 Å². The fourth-order valence-electron chi connectivity index (χ4n) is 4.40. The van der Waals surface area contributed by atoms with Crippen molar-refractivity contribution in [3.63, 3.8) is 0 Å². The van der Waals surface area contributed by atoms with Crippen molar-refractivity contribution in [2.75, 3.05) is 25.1 Å². The first-order valence-corrected chi connectivity index (χ1v) is 10.9. The van der Waals surface area contributed by atoms with Crippen LogP contribution in [0.15, 0.2) is 24.5 Å². The largest absolute Gasteiger partial charge is 0.389 e. The summed E-state index contributed by atoms with van der Waals surface area (Å²) in [4.78, 5) is 23.2. The van der Waals surface area contributed by atoms with Crippen molar-refractivity contribution in [1.29, 1.82) is 0 Å². The van der Waals surface area contributed by atoms with Gasteiger partial charge in [-0.25, -0.2) is 18.7 Å². The van der Waals surface area contributed by atoms with Crippen LogP contribution >= 0.6 is 11.6 Å². The number of alkyl halides is 1. The number of aromatic amines is 1. The van der Waals surface area contributed by atoms with E-state index in [1.165, 1.54) is 29.4 Å². The lowest BCUT2D eigenvalue weighted by Gasteiger charge is -2.29. The Hall–Kier alpha value is -2.89. The van der Waals surface area contributed by atoms with Crippen molar-refractivity contribution >= 4 is 34.4 Å². The molecule has 0 unspecified atom stereocenters. The maximum absolute atomic E-state index is 14.5. The maximum atomic E-state index is 14.5. The molecule has 2 fully saturated rings. The van der Waals surface area contributed by atoms with Crippen LogP contribution in [0.3, 0.4) is 0 Å². The molecular weight excluding hydrogens is 458 g/mol. The van der Waals surface area contributed by atoms with Crippen LogP contribution in [0.1, 0.15) is 34.9 Å². The molecule has 0 aliphatic carbocycles. The van der Waals surface area contributed by atoms with Crippen molar-refractivity contribution < 1.29 is 23.4 Å². The van der Waals surface area contributed by atoms with E-state index in [9.17, 15) is 18.7 Å². The highest BCUT2D eigenvalue weighted by molar-refractivity contribution is 6.31. The molecule has 5 rings (SSSR count). The number of halogens is 3. The summed E-state index contributed by atoms with van der Waals surface area (Å²) in [5, 5.41) is 20.8. The topological polar surface area (TPSA) is 116 Å². The van der Waals surface area contributed by atoms with Gasteiger partial charge in [-0.2, -0.15) is 5.10 Å². The van der Waals surface area contributed by atoms with Gasteiger partial charge in [-0.05, 0) is 30.2 Å². The summed E-state index contributed by atoms with van der Waals surface area (Å²) in [6, 6.07) is 2.74. The molecular formula is C21H21ClF2N6O3. The molecule has 1 aromatic carbocycles. The number of likely N-dealkylation sites (tertiary alicyclic amines) is 1. The summed E-state index contributed by atoms with van der Waals surface area (Å²) in [5.74, 6) is -0.737.